The van der Waals surface area contributed by atoms with Gasteiger partial charge in [0.15, 0.2) is 0 Å². The standard InChI is InChI=1S/C24H46N4O5/c1-12-16(6)20(24(32)33)28(11)22(30)18(13-14(2)3)26(9)23(31)19(15(4)5)27(10)21(29)17(7)25-8/h14-20,25H,12-13H2,1-11H3,(H,32,33)/t16-,17-,18-,19-,20-/m0/s1. The predicted octanol–water partition coefficient (Wildman–Crippen LogP) is 1.91. The molecule has 0 spiro atoms. The Hall–Kier alpha value is -2.16. The van der Waals surface area contributed by atoms with Crippen molar-refractivity contribution >= 4 is 23.7 Å². The van der Waals surface area contributed by atoms with Gasteiger partial charge in [0.2, 0.25) is 17.7 Å². The smallest absolute Gasteiger partial charge is 0.326 e. The molecule has 0 aromatic heterocycles. The van der Waals surface area contributed by atoms with Gasteiger partial charge in [-0.2, -0.15) is 0 Å². The van der Waals surface area contributed by atoms with E-state index in [-0.39, 0.29) is 29.6 Å². The summed E-state index contributed by atoms with van der Waals surface area (Å²) >= 11 is 0. The van der Waals surface area contributed by atoms with Crippen molar-refractivity contribution in [3.05, 3.63) is 0 Å². The van der Waals surface area contributed by atoms with Gasteiger partial charge in [-0.05, 0) is 38.1 Å². The molecule has 192 valence electrons. The predicted molar refractivity (Wildman–Crippen MR) is 130 cm³/mol. The van der Waals surface area contributed by atoms with E-state index in [0.717, 1.165) is 0 Å². The van der Waals surface area contributed by atoms with E-state index in [1.807, 2.05) is 34.6 Å². The summed E-state index contributed by atoms with van der Waals surface area (Å²) < 4.78 is 0. The molecule has 0 saturated carbocycles. The maximum Gasteiger partial charge on any atom is 0.326 e. The highest BCUT2D eigenvalue weighted by Gasteiger charge is 2.40. The first kappa shape index (κ1) is 30.8. The average Bonchev–Trinajstić information content (AvgIpc) is 2.74. The normalized spacial score (nSPS) is 16.0. The third-order valence-corrected chi connectivity index (χ3v) is 6.45. The number of hydrogen-bond acceptors (Lipinski definition) is 5. The van der Waals surface area contributed by atoms with Crippen LogP contribution >= 0.6 is 0 Å². The average molecular weight is 471 g/mol. The van der Waals surface area contributed by atoms with Crippen LogP contribution in [0.4, 0.5) is 0 Å². The number of carboxylic acid groups (broad SMARTS) is 1. The molecular weight excluding hydrogens is 424 g/mol. The number of likely N-dealkylation sites (N-methyl/N-ethyl adjacent to an activating group) is 4. The van der Waals surface area contributed by atoms with Gasteiger partial charge >= 0.3 is 5.97 Å². The molecule has 9 heteroatoms. The zero-order chi connectivity index (χ0) is 26.2. The molecule has 0 saturated heterocycles. The highest BCUT2D eigenvalue weighted by atomic mass is 16.4. The molecule has 0 aliphatic rings. The molecule has 3 amide bonds. The Balaban J connectivity index is 6.12. The van der Waals surface area contributed by atoms with Crippen molar-refractivity contribution in [3.8, 4) is 0 Å². The number of carbonyl (C=O) groups excluding carboxylic acids is 3. The molecule has 0 heterocycles. The van der Waals surface area contributed by atoms with Crippen LogP contribution in [-0.4, -0.2) is 95.9 Å². The second-order valence-corrected chi connectivity index (χ2v) is 9.86. The Morgan fingerprint density at radius 1 is 0.788 bits per heavy atom. The summed E-state index contributed by atoms with van der Waals surface area (Å²) in [4.78, 5) is 55.9. The van der Waals surface area contributed by atoms with Crippen molar-refractivity contribution in [2.45, 2.75) is 85.5 Å². The van der Waals surface area contributed by atoms with E-state index in [9.17, 15) is 24.3 Å². The minimum atomic E-state index is -1.07. The van der Waals surface area contributed by atoms with Crippen LogP contribution < -0.4 is 5.32 Å². The minimum absolute atomic E-state index is 0.0932. The topological polar surface area (TPSA) is 110 Å². The third kappa shape index (κ3) is 7.98. The summed E-state index contributed by atoms with van der Waals surface area (Å²) in [7, 11) is 6.33. The fourth-order valence-electron chi connectivity index (χ4n) is 4.08. The van der Waals surface area contributed by atoms with Gasteiger partial charge in [0.1, 0.15) is 18.1 Å². The van der Waals surface area contributed by atoms with Crippen LogP contribution in [0.3, 0.4) is 0 Å². The molecule has 0 bridgehead atoms. The van der Waals surface area contributed by atoms with Crippen molar-refractivity contribution in [1.29, 1.82) is 0 Å². The van der Waals surface area contributed by atoms with Crippen LogP contribution in [0.5, 0.6) is 0 Å². The lowest BCUT2D eigenvalue weighted by atomic mass is 9.94. The van der Waals surface area contributed by atoms with E-state index in [1.54, 1.807) is 35.0 Å². The number of nitrogens with one attached hydrogen (secondary N) is 1. The maximum absolute atomic E-state index is 13.6. The first-order valence-corrected chi connectivity index (χ1v) is 11.8. The Morgan fingerprint density at radius 3 is 1.64 bits per heavy atom. The molecule has 2 N–H and O–H groups in total. The van der Waals surface area contributed by atoms with Crippen molar-refractivity contribution in [2.24, 2.45) is 17.8 Å². The Bertz CT molecular complexity index is 682. The summed E-state index contributed by atoms with van der Waals surface area (Å²) in [6, 6.07) is -3.03. The molecular formula is C24H46N4O5. The Labute approximate surface area is 199 Å². The summed E-state index contributed by atoms with van der Waals surface area (Å²) in [6.07, 6.45) is 0.984. The number of nitrogens with zero attached hydrogens (tertiary/aromatic N) is 3. The molecule has 9 nitrogen and oxygen atoms in total. The molecule has 0 unspecified atom stereocenters. The van der Waals surface area contributed by atoms with Crippen LogP contribution in [0.25, 0.3) is 0 Å². The molecule has 0 radical (unpaired) electrons. The fraction of sp³-hybridized carbons (Fsp3) is 0.833. The molecule has 33 heavy (non-hydrogen) atoms. The number of hydrogen-bond donors (Lipinski definition) is 2. The second kappa shape index (κ2) is 13.5. The highest BCUT2D eigenvalue weighted by molar-refractivity contribution is 5.94. The van der Waals surface area contributed by atoms with E-state index in [4.69, 9.17) is 0 Å². The van der Waals surface area contributed by atoms with Gasteiger partial charge in [-0.1, -0.05) is 48.0 Å². The van der Waals surface area contributed by atoms with E-state index in [0.29, 0.717) is 12.8 Å². The van der Waals surface area contributed by atoms with Gasteiger partial charge in [0.25, 0.3) is 0 Å². The van der Waals surface area contributed by atoms with Crippen molar-refractivity contribution in [3.63, 3.8) is 0 Å². The molecule has 0 fully saturated rings. The van der Waals surface area contributed by atoms with Gasteiger partial charge in [0, 0.05) is 21.1 Å². The first-order chi connectivity index (χ1) is 15.1. The zero-order valence-corrected chi connectivity index (χ0v) is 22.4. The van der Waals surface area contributed by atoms with E-state index in [2.05, 4.69) is 5.32 Å². The largest absolute Gasteiger partial charge is 0.480 e. The maximum atomic E-state index is 13.6. The number of carboxylic acids is 1. The van der Waals surface area contributed by atoms with Crippen molar-refractivity contribution in [2.75, 3.05) is 28.2 Å². The number of amides is 3. The van der Waals surface area contributed by atoms with Crippen LogP contribution in [0.1, 0.15) is 61.3 Å². The van der Waals surface area contributed by atoms with Crippen LogP contribution in [-0.2, 0) is 19.2 Å². The van der Waals surface area contributed by atoms with Gasteiger partial charge in [-0.3, -0.25) is 14.4 Å². The lowest BCUT2D eigenvalue weighted by molar-refractivity contribution is -0.157. The highest BCUT2D eigenvalue weighted by Crippen LogP contribution is 2.22. The van der Waals surface area contributed by atoms with E-state index in [1.165, 1.54) is 21.7 Å². The SMILES string of the molecule is CC[C@H](C)[C@@H](C(=O)O)N(C)C(=O)[C@H](CC(C)C)N(C)C(=O)[C@H](C(C)C)N(C)C(=O)[C@H](C)NC. The van der Waals surface area contributed by atoms with E-state index < -0.39 is 36.0 Å². The van der Waals surface area contributed by atoms with Gasteiger partial charge in [-0.15, -0.1) is 0 Å². The number of aliphatic carboxylic acids is 1. The monoisotopic (exact) mass is 470 g/mol. The summed E-state index contributed by atoms with van der Waals surface area (Å²) in [5.41, 5.74) is 0. The molecule has 0 aliphatic carbocycles. The zero-order valence-electron chi connectivity index (χ0n) is 22.4. The lowest BCUT2D eigenvalue weighted by Crippen LogP contribution is -2.59. The van der Waals surface area contributed by atoms with Crippen LogP contribution in [0, 0.1) is 17.8 Å². The minimum Gasteiger partial charge on any atom is -0.480 e. The number of rotatable bonds is 13. The first-order valence-electron chi connectivity index (χ1n) is 11.8. The van der Waals surface area contributed by atoms with Gasteiger partial charge in [-0.25, -0.2) is 4.79 Å². The number of carbonyl (C=O) groups is 4. The quantitative estimate of drug-likeness (QED) is 0.425. The molecule has 5 atom stereocenters. The summed E-state index contributed by atoms with van der Waals surface area (Å²) in [6.45, 7) is 13.0. The van der Waals surface area contributed by atoms with Gasteiger partial charge in [0.05, 0.1) is 6.04 Å². The second-order valence-electron chi connectivity index (χ2n) is 9.86. The molecule has 0 aromatic rings. The fourth-order valence-corrected chi connectivity index (χ4v) is 4.08. The van der Waals surface area contributed by atoms with Crippen LogP contribution in [0.15, 0.2) is 0 Å². The Kier molecular flexibility index (Phi) is 12.6. The van der Waals surface area contributed by atoms with Crippen molar-refractivity contribution in [1.82, 2.24) is 20.0 Å². The lowest BCUT2D eigenvalue weighted by Gasteiger charge is -2.39. The third-order valence-electron chi connectivity index (χ3n) is 6.45. The molecule has 0 rings (SSSR count). The molecule has 0 aromatic carbocycles. The van der Waals surface area contributed by atoms with Gasteiger partial charge < -0.3 is 25.1 Å². The van der Waals surface area contributed by atoms with E-state index >= 15 is 0 Å². The Morgan fingerprint density at radius 2 is 1.27 bits per heavy atom. The van der Waals surface area contributed by atoms with Crippen molar-refractivity contribution < 1.29 is 24.3 Å². The molecule has 0 aliphatic heterocycles. The summed E-state index contributed by atoms with van der Waals surface area (Å²) in [5.74, 6) is -2.37. The van der Waals surface area contributed by atoms with Crippen LogP contribution in [0.2, 0.25) is 0 Å². The summed E-state index contributed by atoms with van der Waals surface area (Å²) in [5, 5.41) is 12.6.